The molecule has 24 heteroatoms. The third-order valence-electron chi connectivity index (χ3n) is 9.43. The Kier molecular flexibility index (Phi) is 12.9. The molecule has 1 aromatic carbocycles. The number of β-lactam (4-membered cyclic amide) rings is 1. The van der Waals surface area contributed by atoms with Gasteiger partial charge in [0.05, 0.1) is 30.4 Å². The van der Waals surface area contributed by atoms with Crippen molar-refractivity contribution in [3.05, 3.63) is 49.4 Å². The number of rotatable bonds is 14. The fraction of sp³-hybridized carbons (Fsp3) is 0.406. The van der Waals surface area contributed by atoms with E-state index in [-0.39, 0.29) is 84.8 Å². The number of likely N-dealkylation sites (tertiary alicyclic amines) is 1. The molecule has 2 fully saturated rings. The standard InChI is InChI=1S/C32H33ClN8O12S2.Na/c1-2-39-16-8-18(43)17(42)7-14(16)25(46)15(37-39)11-41(5-3-4-6-41)10-13-12-54-29-23(28(48)40(29)24(13)31(51)52)35-27(47)22(21-26(33)55-32(34)36-21)38-53-19(30(49)50)9-20(44)45;/h7-8,19,23,29H,2-6,9-12H2,1H3,(H7-,34,35,36,37,38,42,43,44,45,46,47,49,50,51,52);/q;+1/p+1/t19-,23+,29+;/m0./s1. The van der Waals surface area contributed by atoms with Crippen molar-refractivity contribution in [2.24, 2.45) is 5.16 Å². The van der Waals surface area contributed by atoms with Crippen LogP contribution in [0.5, 0.6) is 11.5 Å². The van der Waals surface area contributed by atoms with E-state index in [1.807, 2.05) is 6.92 Å². The summed E-state index contributed by atoms with van der Waals surface area (Å²) in [5, 5.41) is 58.8. The normalized spacial score (nSPS) is 19.5. The number of quaternary nitrogens is 1. The third kappa shape index (κ3) is 8.31. The number of aromatic hydroxyl groups is 2. The first kappa shape index (κ1) is 42.7. The Balaban J connectivity index is 0.00000600. The number of fused-ring (bicyclic) bond motifs is 2. The molecular formula is C32H34ClN8NaO12S2+2. The zero-order valence-electron chi connectivity index (χ0n) is 29.8. The van der Waals surface area contributed by atoms with Gasteiger partial charge in [0.1, 0.15) is 40.2 Å². The molecule has 0 bridgehead atoms. The smallest absolute Gasteiger partial charge is 0.504 e. The topological polar surface area (TPSA) is 297 Å². The number of phenolic OH excluding ortho intramolecular Hbond substituents is 2. The molecule has 0 saturated carbocycles. The number of anilines is 1. The summed E-state index contributed by atoms with van der Waals surface area (Å²) in [5.41, 5.74) is 4.98. The molecule has 3 aliphatic rings. The van der Waals surface area contributed by atoms with Crippen LogP contribution in [0, 0.1) is 0 Å². The minimum atomic E-state index is -2.00. The van der Waals surface area contributed by atoms with Crippen LogP contribution in [0.25, 0.3) is 10.9 Å². The number of hydrogen-bond acceptors (Lipinski definition) is 15. The molecule has 20 nitrogen and oxygen atoms in total. The van der Waals surface area contributed by atoms with Crippen molar-refractivity contribution >= 4 is 86.2 Å². The molecule has 0 radical (unpaired) electrons. The van der Waals surface area contributed by atoms with E-state index in [1.165, 1.54) is 23.9 Å². The molecule has 6 rings (SSSR count). The molecular weight excluding hydrogens is 811 g/mol. The Morgan fingerprint density at radius 1 is 1.12 bits per heavy atom. The molecule has 5 heterocycles. The quantitative estimate of drug-likeness (QED) is 0.0225. The number of phenols is 2. The maximum absolute atomic E-state index is 13.7. The zero-order chi connectivity index (χ0) is 39.9. The van der Waals surface area contributed by atoms with E-state index >= 15 is 0 Å². The molecule has 2 saturated heterocycles. The largest absolute Gasteiger partial charge is 1.00 e. The van der Waals surface area contributed by atoms with Gasteiger partial charge in [0.15, 0.2) is 28.0 Å². The first-order valence-corrected chi connectivity index (χ1v) is 18.9. The van der Waals surface area contributed by atoms with Crippen molar-refractivity contribution < 1.29 is 88.4 Å². The summed E-state index contributed by atoms with van der Waals surface area (Å²) < 4.78 is 1.68. The third-order valence-corrected chi connectivity index (χ3v) is 11.9. The van der Waals surface area contributed by atoms with Gasteiger partial charge in [0.25, 0.3) is 11.8 Å². The number of thioether (sulfide) groups is 1. The number of carbonyl (C=O) groups is 5. The van der Waals surface area contributed by atoms with Crippen molar-refractivity contribution in [3.8, 4) is 11.5 Å². The maximum Gasteiger partial charge on any atom is 1.00 e. The van der Waals surface area contributed by atoms with E-state index in [1.54, 1.807) is 4.68 Å². The molecule has 2 amide bonds. The zero-order valence-corrected chi connectivity index (χ0v) is 34.2. The predicted molar refractivity (Wildman–Crippen MR) is 195 cm³/mol. The number of nitrogens with zero attached hydrogens (tertiary/aromatic N) is 6. The molecule has 0 unspecified atom stereocenters. The van der Waals surface area contributed by atoms with Crippen LogP contribution in [0.1, 0.15) is 37.6 Å². The van der Waals surface area contributed by atoms with Gasteiger partial charge in [0, 0.05) is 36.8 Å². The van der Waals surface area contributed by atoms with Gasteiger partial charge >= 0.3 is 47.5 Å². The minimum Gasteiger partial charge on any atom is -0.504 e. The van der Waals surface area contributed by atoms with E-state index in [4.69, 9.17) is 27.3 Å². The van der Waals surface area contributed by atoms with Crippen LogP contribution in [-0.4, -0.2) is 128 Å². The van der Waals surface area contributed by atoms with E-state index in [0.717, 1.165) is 29.1 Å². The number of halogens is 1. The number of carbonyl (C=O) groups excluding carboxylic acids is 2. The van der Waals surface area contributed by atoms with Crippen molar-refractivity contribution in [1.82, 2.24) is 25.0 Å². The summed E-state index contributed by atoms with van der Waals surface area (Å²) in [7, 11) is 0. The van der Waals surface area contributed by atoms with Gasteiger partial charge in [-0.1, -0.05) is 28.1 Å². The number of nitrogen functional groups attached to an aromatic ring is 1. The fourth-order valence-corrected chi connectivity index (χ4v) is 9.19. The summed E-state index contributed by atoms with van der Waals surface area (Å²) in [6.07, 6.45) is -1.43. The van der Waals surface area contributed by atoms with Crippen LogP contribution < -0.4 is 46.0 Å². The molecule has 3 aliphatic heterocycles. The number of carboxylic acid groups (broad SMARTS) is 3. The first-order valence-electron chi connectivity index (χ1n) is 16.7. The predicted octanol–water partition coefficient (Wildman–Crippen LogP) is -2.28. The number of aryl methyl sites for hydroxylation is 1. The number of aromatic nitrogens is 3. The number of thiazole rings is 1. The average molecular weight is 845 g/mol. The fourth-order valence-electron chi connectivity index (χ4n) is 6.92. The average Bonchev–Trinajstić information content (AvgIpc) is 3.72. The molecule has 0 spiro atoms. The van der Waals surface area contributed by atoms with Gasteiger partial charge in [-0.05, 0) is 13.0 Å². The van der Waals surface area contributed by atoms with Crippen molar-refractivity contribution in [1.29, 1.82) is 0 Å². The van der Waals surface area contributed by atoms with E-state index in [9.17, 15) is 49.2 Å². The number of hydrogen-bond donors (Lipinski definition) is 7. The second kappa shape index (κ2) is 17.0. The van der Waals surface area contributed by atoms with E-state index in [0.29, 0.717) is 30.7 Å². The maximum atomic E-state index is 13.7. The molecule has 56 heavy (non-hydrogen) atoms. The van der Waals surface area contributed by atoms with Crippen molar-refractivity contribution in [2.45, 2.75) is 56.8 Å². The summed E-state index contributed by atoms with van der Waals surface area (Å²) in [4.78, 5) is 86.2. The Morgan fingerprint density at radius 3 is 2.39 bits per heavy atom. The van der Waals surface area contributed by atoms with Crippen LogP contribution in [0.4, 0.5) is 5.13 Å². The summed E-state index contributed by atoms with van der Waals surface area (Å²) >= 11 is 8.14. The number of benzene rings is 1. The molecule has 292 valence electrons. The number of aliphatic carboxylic acids is 3. The van der Waals surface area contributed by atoms with Crippen molar-refractivity contribution in [2.75, 3.05) is 31.1 Å². The first-order chi connectivity index (χ1) is 26.0. The number of nitrogens with one attached hydrogen (secondary N) is 1. The molecule has 0 aliphatic carbocycles. The second-order valence-electron chi connectivity index (χ2n) is 13.0. The summed E-state index contributed by atoms with van der Waals surface area (Å²) in [6, 6.07) is 1.19. The number of oxime groups is 1. The number of amides is 2. The van der Waals surface area contributed by atoms with Gasteiger partial charge in [-0.2, -0.15) is 5.10 Å². The molecule has 3 atom stereocenters. The molecule has 8 N–H and O–H groups in total. The van der Waals surface area contributed by atoms with Gasteiger partial charge in [-0.25, -0.2) is 14.6 Å². The minimum absolute atomic E-state index is 0. The van der Waals surface area contributed by atoms with Gasteiger partial charge in [-0.3, -0.25) is 28.8 Å². The molecule has 3 aromatic rings. The van der Waals surface area contributed by atoms with Gasteiger partial charge in [-0.15, -0.1) is 11.8 Å². The summed E-state index contributed by atoms with van der Waals surface area (Å²) in [5.74, 6) is -7.16. The van der Waals surface area contributed by atoms with E-state index < -0.39 is 76.3 Å². The SMILES string of the molecule is CCn1nc(C[N+]2(CC3=C(C(=O)O)N4C(=O)[C@@H](NC(=O)/C(=N\O[C@@H](CC(=O)O)C(=O)O)c5nc(N)sc5Cl)[C@H]4SC3)CCCC2)c(=O)c2cc(O)c(O)cc21.[Na+]. The Morgan fingerprint density at radius 2 is 1.80 bits per heavy atom. The summed E-state index contributed by atoms with van der Waals surface area (Å²) in [6.45, 7) is 3.66. The van der Waals surface area contributed by atoms with Crippen molar-refractivity contribution in [3.63, 3.8) is 0 Å². The van der Waals surface area contributed by atoms with Crippen LogP contribution >= 0.6 is 34.7 Å². The van der Waals surface area contributed by atoms with Gasteiger partial charge < -0.3 is 45.9 Å². The van der Waals surface area contributed by atoms with Crippen LogP contribution in [0.2, 0.25) is 4.34 Å². The molecule has 2 aromatic heterocycles. The number of carboxylic acids is 3. The Labute approximate surface area is 351 Å². The Bertz CT molecular complexity index is 2260. The van der Waals surface area contributed by atoms with Gasteiger partial charge in [0.2, 0.25) is 11.5 Å². The van der Waals surface area contributed by atoms with Crippen LogP contribution in [0.15, 0.2) is 33.4 Å². The monoisotopic (exact) mass is 844 g/mol. The second-order valence-corrected chi connectivity index (χ2v) is 15.8. The van der Waals surface area contributed by atoms with E-state index in [2.05, 4.69) is 20.6 Å². The number of nitrogens with two attached hydrogens (primary N) is 1. The van der Waals surface area contributed by atoms with Crippen LogP contribution in [0.3, 0.4) is 0 Å². The van der Waals surface area contributed by atoms with Crippen LogP contribution in [-0.2, 0) is 41.9 Å². The Hall–Kier alpha value is -4.45.